The lowest BCUT2D eigenvalue weighted by atomic mass is 9.67. The number of hydrogen-bond acceptors (Lipinski definition) is 2. The Kier molecular flexibility index (Phi) is 5.05. The predicted molar refractivity (Wildman–Crippen MR) is 94.6 cm³/mol. The molecule has 1 aliphatic heterocycles. The van der Waals surface area contributed by atoms with Crippen LogP contribution in [0.15, 0.2) is 24.3 Å². The van der Waals surface area contributed by atoms with Gasteiger partial charge in [-0.3, -0.25) is 4.79 Å². The molecule has 0 atom stereocenters. The number of nitrogens with one attached hydrogen (secondary N) is 1. The highest BCUT2D eigenvalue weighted by molar-refractivity contribution is 5.89. The van der Waals surface area contributed by atoms with Gasteiger partial charge >= 0.3 is 0 Å². The Morgan fingerprint density at radius 3 is 2.39 bits per heavy atom. The minimum Gasteiger partial charge on any atom is -0.342 e. The lowest BCUT2D eigenvalue weighted by Crippen LogP contribution is -2.52. The van der Waals surface area contributed by atoms with Gasteiger partial charge in [-0.05, 0) is 50.8 Å². The number of carbonyl (C=O) groups is 1. The SMILES string of the molecule is CNC1CCN(C(=O)C2(c3ccccc3C)CCCCC2)CC1. The molecule has 1 saturated heterocycles. The summed E-state index contributed by atoms with van der Waals surface area (Å²) >= 11 is 0. The molecule has 2 fully saturated rings. The Labute approximate surface area is 140 Å². The van der Waals surface area contributed by atoms with Gasteiger partial charge in [0.05, 0.1) is 5.41 Å². The number of rotatable bonds is 3. The maximum absolute atomic E-state index is 13.5. The largest absolute Gasteiger partial charge is 0.342 e. The zero-order valence-electron chi connectivity index (χ0n) is 14.6. The summed E-state index contributed by atoms with van der Waals surface area (Å²) in [5, 5.41) is 3.36. The molecule has 1 heterocycles. The molecule has 3 heteroatoms. The molecule has 1 aromatic carbocycles. The molecule has 3 rings (SSSR count). The van der Waals surface area contributed by atoms with Crippen molar-refractivity contribution in [3.63, 3.8) is 0 Å². The van der Waals surface area contributed by atoms with Crippen LogP contribution in [0.5, 0.6) is 0 Å². The number of aryl methyl sites for hydroxylation is 1. The van der Waals surface area contributed by atoms with Crippen LogP contribution in [0.4, 0.5) is 0 Å². The van der Waals surface area contributed by atoms with E-state index in [0.717, 1.165) is 38.8 Å². The van der Waals surface area contributed by atoms with E-state index in [0.29, 0.717) is 11.9 Å². The molecule has 0 spiro atoms. The number of piperidine rings is 1. The molecule has 0 bridgehead atoms. The number of benzene rings is 1. The number of nitrogens with zero attached hydrogens (tertiary/aromatic N) is 1. The molecule has 1 saturated carbocycles. The molecule has 0 aromatic heterocycles. The highest BCUT2D eigenvalue weighted by Crippen LogP contribution is 2.42. The summed E-state index contributed by atoms with van der Waals surface area (Å²) in [6, 6.07) is 9.10. The second-order valence-corrected chi connectivity index (χ2v) is 7.31. The van der Waals surface area contributed by atoms with E-state index in [9.17, 15) is 4.79 Å². The van der Waals surface area contributed by atoms with E-state index in [1.165, 1.54) is 30.4 Å². The van der Waals surface area contributed by atoms with Crippen LogP contribution in [0.2, 0.25) is 0 Å². The first-order chi connectivity index (χ1) is 11.2. The van der Waals surface area contributed by atoms with E-state index in [4.69, 9.17) is 0 Å². The van der Waals surface area contributed by atoms with Crippen molar-refractivity contribution in [2.75, 3.05) is 20.1 Å². The van der Waals surface area contributed by atoms with E-state index in [1.54, 1.807) is 0 Å². The fourth-order valence-corrected chi connectivity index (χ4v) is 4.54. The second kappa shape index (κ2) is 7.04. The first-order valence-electron chi connectivity index (χ1n) is 9.20. The summed E-state index contributed by atoms with van der Waals surface area (Å²) in [5.41, 5.74) is 2.28. The molecular weight excluding hydrogens is 284 g/mol. The molecule has 0 radical (unpaired) electrons. The van der Waals surface area contributed by atoms with E-state index >= 15 is 0 Å². The molecular formula is C20H30N2O. The molecule has 1 N–H and O–H groups in total. The third kappa shape index (κ3) is 3.16. The van der Waals surface area contributed by atoms with Crippen LogP contribution in [0.3, 0.4) is 0 Å². The molecule has 23 heavy (non-hydrogen) atoms. The van der Waals surface area contributed by atoms with Gasteiger partial charge in [-0.2, -0.15) is 0 Å². The maximum Gasteiger partial charge on any atom is 0.233 e. The maximum atomic E-state index is 13.5. The van der Waals surface area contributed by atoms with E-state index in [2.05, 4.69) is 41.4 Å². The lowest BCUT2D eigenvalue weighted by Gasteiger charge is -2.43. The Balaban J connectivity index is 1.87. The quantitative estimate of drug-likeness (QED) is 0.927. The van der Waals surface area contributed by atoms with Gasteiger partial charge in [0.2, 0.25) is 5.91 Å². The van der Waals surface area contributed by atoms with Gasteiger partial charge in [0.15, 0.2) is 0 Å². The first kappa shape index (κ1) is 16.5. The highest BCUT2D eigenvalue weighted by atomic mass is 16.2. The fraction of sp³-hybridized carbons (Fsp3) is 0.650. The number of hydrogen-bond donors (Lipinski definition) is 1. The van der Waals surface area contributed by atoms with Crippen molar-refractivity contribution < 1.29 is 4.79 Å². The van der Waals surface area contributed by atoms with Crippen molar-refractivity contribution >= 4 is 5.91 Å². The van der Waals surface area contributed by atoms with Crippen LogP contribution in [0, 0.1) is 6.92 Å². The average Bonchev–Trinajstić information content (AvgIpc) is 2.62. The molecule has 1 amide bonds. The van der Waals surface area contributed by atoms with Crippen LogP contribution in [0.25, 0.3) is 0 Å². The Morgan fingerprint density at radius 1 is 1.13 bits per heavy atom. The van der Waals surface area contributed by atoms with E-state index in [-0.39, 0.29) is 5.41 Å². The minimum atomic E-state index is -0.268. The van der Waals surface area contributed by atoms with Gasteiger partial charge in [0.1, 0.15) is 0 Å². The summed E-state index contributed by atoms with van der Waals surface area (Å²) < 4.78 is 0. The standard InChI is InChI=1S/C20H30N2O/c1-16-8-4-5-9-18(16)20(12-6-3-7-13-20)19(23)22-14-10-17(21-2)11-15-22/h4-5,8-9,17,21H,3,6-7,10-15H2,1-2H3. The van der Waals surface area contributed by atoms with Gasteiger partial charge in [-0.1, -0.05) is 43.5 Å². The summed E-state index contributed by atoms with van der Waals surface area (Å²) in [6.45, 7) is 3.96. The van der Waals surface area contributed by atoms with E-state index < -0.39 is 0 Å². The zero-order chi connectivity index (χ0) is 16.3. The van der Waals surface area contributed by atoms with Crippen molar-refractivity contribution in [1.29, 1.82) is 0 Å². The summed E-state index contributed by atoms with van der Waals surface area (Å²) in [6.07, 6.45) is 7.80. The summed E-state index contributed by atoms with van der Waals surface area (Å²) in [5.74, 6) is 0.390. The Morgan fingerprint density at radius 2 is 1.78 bits per heavy atom. The monoisotopic (exact) mass is 314 g/mol. The lowest BCUT2D eigenvalue weighted by molar-refractivity contribution is -0.140. The van der Waals surface area contributed by atoms with Gasteiger partial charge in [-0.25, -0.2) is 0 Å². The van der Waals surface area contributed by atoms with Crippen molar-refractivity contribution in [3.05, 3.63) is 35.4 Å². The van der Waals surface area contributed by atoms with Gasteiger partial charge in [-0.15, -0.1) is 0 Å². The Hall–Kier alpha value is -1.35. The second-order valence-electron chi connectivity index (χ2n) is 7.31. The zero-order valence-corrected chi connectivity index (χ0v) is 14.6. The third-order valence-corrected chi connectivity index (χ3v) is 5.97. The van der Waals surface area contributed by atoms with Crippen LogP contribution < -0.4 is 5.32 Å². The topological polar surface area (TPSA) is 32.3 Å². The van der Waals surface area contributed by atoms with Gasteiger partial charge in [0, 0.05) is 19.1 Å². The molecule has 2 aliphatic rings. The van der Waals surface area contributed by atoms with Gasteiger partial charge in [0.25, 0.3) is 0 Å². The third-order valence-electron chi connectivity index (χ3n) is 5.97. The molecule has 1 aliphatic carbocycles. The predicted octanol–water partition coefficient (Wildman–Crippen LogP) is 3.41. The first-order valence-corrected chi connectivity index (χ1v) is 9.20. The minimum absolute atomic E-state index is 0.268. The number of amides is 1. The van der Waals surface area contributed by atoms with Crippen LogP contribution in [-0.4, -0.2) is 37.0 Å². The summed E-state index contributed by atoms with van der Waals surface area (Å²) in [4.78, 5) is 15.7. The normalized spacial score (nSPS) is 22.1. The van der Waals surface area contributed by atoms with Crippen molar-refractivity contribution in [2.45, 2.75) is 63.3 Å². The van der Waals surface area contributed by atoms with E-state index in [1.807, 2.05) is 7.05 Å². The van der Waals surface area contributed by atoms with Crippen LogP contribution in [-0.2, 0) is 10.2 Å². The Bertz CT molecular complexity index is 540. The van der Waals surface area contributed by atoms with Crippen LogP contribution in [0.1, 0.15) is 56.1 Å². The fourth-order valence-electron chi connectivity index (χ4n) is 4.54. The molecule has 0 unspecified atom stereocenters. The number of carbonyl (C=O) groups excluding carboxylic acids is 1. The van der Waals surface area contributed by atoms with Crippen LogP contribution >= 0.6 is 0 Å². The molecule has 1 aromatic rings. The van der Waals surface area contributed by atoms with Gasteiger partial charge < -0.3 is 10.2 Å². The van der Waals surface area contributed by atoms with Crippen molar-refractivity contribution in [2.24, 2.45) is 0 Å². The highest BCUT2D eigenvalue weighted by Gasteiger charge is 2.44. The van der Waals surface area contributed by atoms with Crippen molar-refractivity contribution in [3.8, 4) is 0 Å². The smallest absolute Gasteiger partial charge is 0.233 e. The summed E-state index contributed by atoms with van der Waals surface area (Å²) in [7, 11) is 2.03. The molecule has 126 valence electrons. The average molecular weight is 314 g/mol. The molecule has 3 nitrogen and oxygen atoms in total. The number of likely N-dealkylation sites (tertiary alicyclic amines) is 1. The van der Waals surface area contributed by atoms with Crippen molar-refractivity contribution in [1.82, 2.24) is 10.2 Å².